The third-order valence-corrected chi connectivity index (χ3v) is 2.62. The Kier molecular flexibility index (Phi) is 3.93. The fourth-order valence-corrected chi connectivity index (χ4v) is 1.80. The van der Waals surface area contributed by atoms with Crippen molar-refractivity contribution >= 4 is 22.3 Å². The molecule has 0 unspecified atom stereocenters. The largest absolute Gasteiger partial charge is 0.468 e. The molecule has 6 heteroatoms. The molecule has 0 aliphatic carbocycles. The second-order valence-electron chi connectivity index (χ2n) is 4.51. The van der Waals surface area contributed by atoms with Crippen LogP contribution >= 0.6 is 0 Å². The Morgan fingerprint density at radius 3 is 2.40 bits per heavy atom. The smallest absolute Gasteiger partial charge is 0.275 e. The molecule has 2 aromatic rings. The molecule has 104 valence electrons. The van der Waals surface area contributed by atoms with Crippen molar-refractivity contribution in [1.82, 2.24) is 9.78 Å². The molecule has 6 nitrogen and oxygen atoms in total. The number of carbonyl (C=O) groups excluding carboxylic acids is 2. The molecule has 0 atom stereocenters. The third-order valence-electron chi connectivity index (χ3n) is 2.62. The number of carbonyl (C=O) groups is 2. The summed E-state index contributed by atoms with van der Waals surface area (Å²) in [7, 11) is 0. The summed E-state index contributed by atoms with van der Waals surface area (Å²) in [4.78, 5) is 34.4. The number of hydrogen-bond donors (Lipinski definition) is 0. The van der Waals surface area contributed by atoms with Crippen LogP contribution < -0.4 is 10.3 Å². The number of ketones is 2. The zero-order valence-corrected chi connectivity index (χ0v) is 11.3. The minimum Gasteiger partial charge on any atom is -0.468 e. The fourth-order valence-electron chi connectivity index (χ4n) is 1.80. The van der Waals surface area contributed by atoms with Crippen LogP contribution in [0.2, 0.25) is 0 Å². The van der Waals surface area contributed by atoms with Crippen LogP contribution in [-0.2, 0) is 16.1 Å². The lowest BCUT2D eigenvalue weighted by Crippen LogP contribution is -2.27. The molecule has 0 fully saturated rings. The van der Waals surface area contributed by atoms with E-state index < -0.39 is 0 Å². The Balaban J connectivity index is 2.59. The predicted octanol–water partition coefficient (Wildman–Crippen LogP) is 0.953. The lowest BCUT2D eigenvalue weighted by Gasteiger charge is -2.10. The lowest BCUT2D eigenvalue weighted by molar-refractivity contribution is -0.119. The number of nitrogens with zero attached hydrogens (tertiary/aromatic N) is 2. The van der Waals surface area contributed by atoms with Crippen molar-refractivity contribution in [2.24, 2.45) is 0 Å². The molecular formula is C14H14N2O4. The first-order valence-electron chi connectivity index (χ1n) is 6.10. The molecule has 0 aliphatic heterocycles. The van der Waals surface area contributed by atoms with Gasteiger partial charge < -0.3 is 4.74 Å². The monoisotopic (exact) mass is 274 g/mol. The number of aromatic nitrogens is 2. The molecular weight excluding hydrogens is 260 g/mol. The molecule has 1 aromatic carbocycles. The summed E-state index contributed by atoms with van der Waals surface area (Å²) < 4.78 is 6.38. The summed E-state index contributed by atoms with van der Waals surface area (Å²) in [5.74, 6) is -0.163. The SMILES string of the molecule is CC(=O)COc1nn(CC(C)=O)c(=O)c2ccccc12. The molecule has 1 aromatic heterocycles. The van der Waals surface area contributed by atoms with Crippen LogP contribution in [0.25, 0.3) is 10.8 Å². The second-order valence-corrected chi connectivity index (χ2v) is 4.51. The van der Waals surface area contributed by atoms with Gasteiger partial charge in [0.2, 0.25) is 5.88 Å². The van der Waals surface area contributed by atoms with E-state index in [1.807, 2.05) is 0 Å². The van der Waals surface area contributed by atoms with E-state index >= 15 is 0 Å². The van der Waals surface area contributed by atoms with Crippen LogP contribution in [0.4, 0.5) is 0 Å². The number of rotatable bonds is 5. The van der Waals surface area contributed by atoms with E-state index in [0.29, 0.717) is 10.8 Å². The van der Waals surface area contributed by atoms with Crippen molar-refractivity contribution in [2.45, 2.75) is 20.4 Å². The molecule has 2 rings (SSSR count). The molecule has 0 spiro atoms. The number of fused-ring (bicyclic) bond motifs is 1. The topological polar surface area (TPSA) is 78.3 Å². The van der Waals surface area contributed by atoms with E-state index in [2.05, 4.69) is 5.10 Å². The maximum atomic E-state index is 12.2. The molecule has 0 radical (unpaired) electrons. The summed E-state index contributed by atoms with van der Waals surface area (Å²) in [6.45, 7) is 2.52. The molecule has 0 bridgehead atoms. The summed E-state index contributed by atoms with van der Waals surface area (Å²) in [6, 6.07) is 6.80. The summed E-state index contributed by atoms with van der Waals surface area (Å²) in [6.07, 6.45) is 0. The number of benzene rings is 1. The highest BCUT2D eigenvalue weighted by molar-refractivity contribution is 5.86. The second kappa shape index (κ2) is 5.64. The third kappa shape index (κ3) is 2.90. The van der Waals surface area contributed by atoms with Gasteiger partial charge in [0.15, 0.2) is 11.6 Å². The highest BCUT2D eigenvalue weighted by atomic mass is 16.5. The molecule has 0 amide bonds. The maximum Gasteiger partial charge on any atom is 0.275 e. The van der Waals surface area contributed by atoms with E-state index in [9.17, 15) is 14.4 Å². The van der Waals surface area contributed by atoms with Crippen molar-refractivity contribution < 1.29 is 14.3 Å². The highest BCUT2D eigenvalue weighted by Crippen LogP contribution is 2.19. The van der Waals surface area contributed by atoms with Gasteiger partial charge in [0.1, 0.15) is 13.2 Å². The van der Waals surface area contributed by atoms with Crippen LogP contribution in [0, 0.1) is 0 Å². The van der Waals surface area contributed by atoms with Gasteiger partial charge in [-0.1, -0.05) is 12.1 Å². The zero-order valence-electron chi connectivity index (χ0n) is 11.3. The molecule has 0 aliphatic rings. The minimum absolute atomic E-state index is 0.125. The summed E-state index contributed by atoms with van der Waals surface area (Å²) >= 11 is 0. The average Bonchev–Trinajstić information content (AvgIpc) is 2.40. The Morgan fingerprint density at radius 2 is 1.80 bits per heavy atom. The average molecular weight is 274 g/mol. The van der Waals surface area contributed by atoms with Gasteiger partial charge in [-0.05, 0) is 26.0 Å². The zero-order chi connectivity index (χ0) is 14.7. The molecule has 1 heterocycles. The van der Waals surface area contributed by atoms with Crippen molar-refractivity contribution in [2.75, 3.05) is 6.61 Å². The summed E-state index contributed by atoms with van der Waals surface area (Å²) in [5.41, 5.74) is -0.356. The highest BCUT2D eigenvalue weighted by Gasteiger charge is 2.12. The van der Waals surface area contributed by atoms with E-state index in [0.717, 1.165) is 4.68 Å². The van der Waals surface area contributed by atoms with Crippen LogP contribution in [0.5, 0.6) is 5.88 Å². The molecule has 0 saturated carbocycles. The predicted molar refractivity (Wildman–Crippen MR) is 72.9 cm³/mol. The van der Waals surface area contributed by atoms with Gasteiger partial charge in [-0.15, -0.1) is 5.10 Å². The van der Waals surface area contributed by atoms with Gasteiger partial charge in [-0.3, -0.25) is 14.4 Å². The van der Waals surface area contributed by atoms with E-state index in [-0.39, 0.29) is 36.2 Å². The van der Waals surface area contributed by atoms with Crippen LogP contribution in [-0.4, -0.2) is 28.0 Å². The van der Waals surface area contributed by atoms with Gasteiger partial charge in [0, 0.05) is 0 Å². The maximum absolute atomic E-state index is 12.2. The molecule has 20 heavy (non-hydrogen) atoms. The first-order valence-corrected chi connectivity index (χ1v) is 6.10. The van der Waals surface area contributed by atoms with Gasteiger partial charge in [0.25, 0.3) is 5.56 Å². The first-order chi connectivity index (χ1) is 9.49. The summed E-state index contributed by atoms with van der Waals surface area (Å²) in [5, 5.41) is 4.95. The minimum atomic E-state index is -0.356. The Hall–Kier alpha value is -2.50. The van der Waals surface area contributed by atoms with Gasteiger partial charge in [-0.2, -0.15) is 0 Å². The Bertz CT molecular complexity index is 734. The van der Waals surface area contributed by atoms with Crippen molar-refractivity contribution in [3.8, 4) is 5.88 Å². The van der Waals surface area contributed by atoms with Crippen LogP contribution in [0.3, 0.4) is 0 Å². The molecule has 0 saturated heterocycles. The standard InChI is InChI=1S/C14H14N2O4/c1-9(17)7-16-14(19)12-6-4-3-5-11(12)13(15-16)20-8-10(2)18/h3-6H,7-8H2,1-2H3. The van der Waals surface area contributed by atoms with E-state index in [1.165, 1.54) is 13.8 Å². The number of ether oxygens (including phenoxy) is 1. The van der Waals surface area contributed by atoms with Crippen LogP contribution in [0.15, 0.2) is 29.1 Å². The van der Waals surface area contributed by atoms with Gasteiger partial charge in [0.05, 0.1) is 10.8 Å². The van der Waals surface area contributed by atoms with Gasteiger partial charge in [-0.25, -0.2) is 4.68 Å². The van der Waals surface area contributed by atoms with Crippen LogP contribution in [0.1, 0.15) is 13.8 Å². The molecule has 0 N–H and O–H groups in total. The van der Waals surface area contributed by atoms with Crippen molar-refractivity contribution in [3.63, 3.8) is 0 Å². The first kappa shape index (κ1) is 13.9. The van der Waals surface area contributed by atoms with Crippen molar-refractivity contribution in [1.29, 1.82) is 0 Å². The van der Waals surface area contributed by atoms with E-state index in [1.54, 1.807) is 24.3 Å². The van der Waals surface area contributed by atoms with Gasteiger partial charge >= 0.3 is 0 Å². The Labute approximate surface area is 115 Å². The number of Topliss-reactive ketones (excluding diaryl/α,β-unsaturated/α-hetero) is 2. The lowest BCUT2D eigenvalue weighted by atomic mass is 10.2. The number of hydrogen-bond acceptors (Lipinski definition) is 5. The quantitative estimate of drug-likeness (QED) is 0.811. The van der Waals surface area contributed by atoms with E-state index in [4.69, 9.17) is 4.74 Å². The Morgan fingerprint density at radius 1 is 1.15 bits per heavy atom. The normalized spacial score (nSPS) is 10.5. The fraction of sp³-hybridized carbons (Fsp3) is 0.286. The van der Waals surface area contributed by atoms with Crippen molar-refractivity contribution in [3.05, 3.63) is 34.6 Å².